The Labute approximate surface area is 126 Å². The lowest BCUT2D eigenvalue weighted by Gasteiger charge is -2.09. The average Bonchev–Trinajstić information content (AvgIpc) is 2.95. The van der Waals surface area contributed by atoms with Gasteiger partial charge in [-0.1, -0.05) is 6.92 Å². The summed E-state index contributed by atoms with van der Waals surface area (Å²) in [6.45, 7) is 2.80. The third-order valence-electron chi connectivity index (χ3n) is 2.99. The second kappa shape index (κ2) is 6.05. The number of hydrogen-bond donors (Lipinski definition) is 2. The molecule has 0 aliphatic carbocycles. The molecule has 4 nitrogen and oxygen atoms in total. The van der Waals surface area contributed by atoms with Gasteiger partial charge in [0.1, 0.15) is 0 Å². The van der Waals surface area contributed by atoms with Gasteiger partial charge in [0.2, 0.25) is 5.95 Å². The molecule has 21 heavy (non-hydrogen) atoms. The van der Waals surface area contributed by atoms with Crippen molar-refractivity contribution in [3.8, 4) is 0 Å². The van der Waals surface area contributed by atoms with Crippen LogP contribution >= 0.6 is 11.3 Å². The highest BCUT2D eigenvalue weighted by molar-refractivity contribution is 7.17. The first kappa shape index (κ1) is 13.8. The SMILES string of the molecule is CCCNc1ncc(F)c(Nc2ccc3sccc3c2)n1. The number of anilines is 3. The zero-order valence-electron chi connectivity index (χ0n) is 11.6. The Morgan fingerprint density at radius 3 is 3.05 bits per heavy atom. The van der Waals surface area contributed by atoms with Crippen molar-refractivity contribution < 1.29 is 4.39 Å². The van der Waals surface area contributed by atoms with Gasteiger partial charge in [0.15, 0.2) is 11.6 Å². The number of halogens is 1. The van der Waals surface area contributed by atoms with Crippen LogP contribution in [0.3, 0.4) is 0 Å². The Morgan fingerprint density at radius 2 is 2.19 bits per heavy atom. The number of hydrogen-bond acceptors (Lipinski definition) is 5. The van der Waals surface area contributed by atoms with Crippen molar-refractivity contribution in [3.63, 3.8) is 0 Å². The van der Waals surface area contributed by atoms with Crippen molar-refractivity contribution >= 4 is 38.9 Å². The van der Waals surface area contributed by atoms with Crippen LogP contribution in [0.25, 0.3) is 10.1 Å². The molecule has 2 N–H and O–H groups in total. The molecular weight excluding hydrogens is 287 g/mol. The molecular formula is C15H15FN4S. The lowest BCUT2D eigenvalue weighted by atomic mass is 10.2. The maximum Gasteiger partial charge on any atom is 0.224 e. The quantitative estimate of drug-likeness (QED) is 0.733. The molecule has 0 fully saturated rings. The topological polar surface area (TPSA) is 49.8 Å². The van der Waals surface area contributed by atoms with E-state index in [0.717, 1.165) is 24.0 Å². The minimum Gasteiger partial charge on any atom is -0.354 e. The second-order valence-corrected chi connectivity index (χ2v) is 5.56. The van der Waals surface area contributed by atoms with Gasteiger partial charge in [-0.2, -0.15) is 4.98 Å². The molecule has 0 bridgehead atoms. The predicted octanol–water partition coefficient (Wildman–Crippen LogP) is 4.40. The van der Waals surface area contributed by atoms with Crippen molar-refractivity contribution in [2.45, 2.75) is 13.3 Å². The summed E-state index contributed by atoms with van der Waals surface area (Å²) < 4.78 is 15.0. The molecule has 0 aliphatic heterocycles. The fraction of sp³-hybridized carbons (Fsp3) is 0.200. The van der Waals surface area contributed by atoms with Crippen LogP contribution in [0.2, 0.25) is 0 Å². The number of fused-ring (bicyclic) bond motifs is 1. The summed E-state index contributed by atoms with van der Waals surface area (Å²) in [5.74, 6) is 0.137. The summed E-state index contributed by atoms with van der Waals surface area (Å²) in [5.41, 5.74) is 0.806. The third kappa shape index (κ3) is 3.11. The van der Waals surface area contributed by atoms with E-state index in [1.165, 1.54) is 10.9 Å². The first-order chi connectivity index (χ1) is 10.3. The lowest BCUT2D eigenvalue weighted by molar-refractivity contribution is 0.619. The van der Waals surface area contributed by atoms with Gasteiger partial charge in [-0.05, 0) is 41.5 Å². The van der Waals surface area contributed by atoms with Crippen LogP contribution in [0.1, 0.15) is 13.3 Å². The second-order valence-electron chi connectivity index (χ2n) is 4.62. The fourth-order valence-corrected chi connectivity index (χ4v) is 2.73. The molecule has 0 saturated heterocycles. The minimum atomic E-state index is -0.470. The van der Waals surface area contributed by atoms with E-state index in [9.17, 15) is 4.39 Å². The van der Waals surface area contributed by atoms with Gasteiger partial charge in [0.25, 0.3) is 0 Å². The van der Waals surface area contributed by atoms with Crippen LogP contribution in [0.15, 0.2) is 35.8 Å². The molecule has 0 aliphatic rings. The van der Waals surface area contributed by atoms with Crippen LogP contribution < -0.4 is 10.6 Å². The van der Waals surface area contributed by atoms with E-state index in [1.807, 2.05) is 36.6 Å². The van der Waals surface area contributed by atoms with E-state index in [2.05, 4.69) is 20.6 Å². The van der Waals surface area contributed by atoms with Crippen LogP contribution in [0, 0.1) is 5.82 Å². The Kier molecular flexibility index (Phi) is 3.96. The molecule has 0 unspecified atom stereocenters. The molecule has 0 radical (unpaired) electrons. The normalized spacial score (nSPS) is 10.8. The van der Waals surface area contributed by atoms with Gasteiger partial charge >= 0.3 is 0 Å². The summed E-state index contributed by atoms with van der Waals surface area (Å²) in [5, 5.41) is 9.22. The van der Waals surface area contributed by atoms with Gasteiger partial charge in [0, 0.05) is 16.9 Å². The number of aromatic nitrogens is 2. The Hall–Kier alpha value is -2.21. The van der Waals surface area contributed by atoms with Crippen LogP contribution in [0.5, 0.6) is 0 Å². The molecule has 2 heterocycles. The summed E-state index contributed by atoms with van der Waals surface area (Å²) in [4.78, 5) is 8.09. The number of benzene rings is 1. The molecule has 0 spiro atoms. The van der Waals surface area contributed by atoms with E-state index >= 15 is 0 Å². The smallest absolute Gasteiger partial charge is 0.224 e. The fourth-order valence-electron chi connectivity index (χ4n) is 1.96. The van der Waals surface area contributed by atoms with Gasteiger partial charge in [-0.15, -0.1) is 11.3 Å². The Bertz CT molecular complexity index is 756. The standard InChI is InChI=1S/C15H15FN4S/c1-2-6-17-15-18-9-12(16)14(20-15)19-11-3-4-13-10(8-11)5-7-21-13/h3-5,7-9H,2,6H2,1H3,(H2,17,18,19,20). The van der Waals surface area contributed by atoms with Gasteiger partial charge < -0.3 is 10.6 Å². The molecule has 2 aromatic heterocycles. The highest BCUT2D eigenvalue weighted by Gasteiger charge is 2.07. The zero-order valence-corrected chi connectivity index (χ0v) is 12.4. The van der Waals surface area contributed by atoms with Crippen molar-refractivity contribution in [3.05, 3.63) is 41.7 Å². The lowest BCUT2D eigenvalue weighted by Crippen LogP contribution is -2.07. The van der Waals surface area contributed by atoms with Crippen molar-refractivity contribution in [2.75, 3.05) is 17.2 Å². The number of thiophene rings is 1. The van der Waals surface area contributed by atoms with Crippen molar-refractivity contribution in [1.29, 1.82) is 0 Å². The molecule has 6 heteroatoms. The summed E-state index contributed by atoms with van der Waals surface area (Å²) in [6, 6.07) is 7.94. The zero-order chi connectivity index (χ0) is 14.7. The van der Waals surface area contributed by atoms with E-state index in [-0.39, 0.29) is 5.82 Å². The van der Waals surface area contributed by atoms with Crippen molar-refractivity contribution in [1.82, 2.24) is 9.97 Å². The average molecular weight is 302 g/mol. The van der Waals surface area contributed by atoms with E-state index < -0.39 is 5.82 Å². The molecule has 1 aromatic carbocycles. The van der Waals surface area contributed by atoms with Crippen molar-refractivity contribution in [2.24, 2.45) is 0 Å². The minimum absolute atomic E-state index is 0.179. The number of nitrogens with one attached hydrogen (secondary N) is 2. The Balaban J connectivity index is 1.85. The summed E-state index contributed by atoms with van der Waals surface area (Å²) in [7, 11) is 0. The van der Waals surface area contributed by atoms with E-state index in [0.29, 0.717) is 5.95 Å². The number of nitrogens with zero attached hydrogens (tertiary/aromatic N) is 2. The first-order valence-electron chi connectivity index (χ1n) is 6.77. The highest BCUT2D eigenvalue weighted by atomic mass is 32.1. The molecule has 0 amide bonds. The van der Waals surface area contributed by atoms with Gasteiger partial charge in [-0.25, -0.2) is 9.37 Å². The van der Waals surface area contributed by atoms with Crippen LogP contribution in [-0.4, -0.2) is 16.5 Å². The monoisotopic (exact) mass is 302 g/mol. The first-order valence-corrected chi connectivity index (χ1v) is 7.65. The van der Waals surface area contributed by atoms with Crippen LogP contribution in [0.4, 0.5) is 21.8 Å². The van der Waals surface area contributed by atoms with E-state index in [1.54, 1.807) is 11.3 Å². The summed E-state index contributed by atoms with van der Waals surface area (Å²) in [6.07, 6.45) is 2.13. The molecule has 108 valence electrons. The molecule has 3 aromatic rings. The van der Waals surface area contributed by atoms with Gasteiger partial charge in [0.05, 0.1) is 6.20 Å². The van der Waals surface area contributed by atoms with E-state index in [4.69, 9.17) is 0 Å². The van der Waals surface area contributed by atoms with Crippen LogP contribution in [-0.2, 0) is 0 Å². The molecule has 3 rings (SSSR count). The molecule has 0 saturated carbocycles. The Morgan fingerprint density at radius 1 is 1.29 bits per heavy atom. The third-order valence-corrected chi connectivity index (χ3v) is 3.89. The largest absolute Gasteiger partial charge is 0.354 e. The molecule has 0 atom stereocenters. The summed E-state index contributed by atoms with van der Waals surface area (Å²) >= 11 is 1.68. The maximum absolute atomic E-state index is 13.8. The predicted molar refractivity (Wildman–Crippen MR) is 85.9 cm³/mol. The maximum atomic E-state index is 13.8. The number of rotatable bonds is 5. The highest BCUT2D eigenvalue weighted by Crippen LogP contribution is 2.26. The van der Waals surface area contributed by atoms with Gasteiger partial charge in [-0.3, -0.25) is 0 Å².